The number of hydrogen-bond acceptors (Lipinski definition) is 1. The second kappa shape index (κ2) is 5.68. The SMILES string of the molecule is C/C(N)=C/C=C(F)\C=C\C1=[N+](C)c2ccccc2C1(C)C. The van der Waals surface area contributed by atoms with Crippen molar-refractivity contribution >= 4 is 11.4 Å². The lowest BCUT2D eigenvalue weighted by Crippen LogP contribution is -2.26. The van der Waals surface area contributed by atoms with Gasteiger partial charge in [-0.2, -0.15) is 4.58 Å². The molecule has 2 N–H and O–H groups in total. The van der Waals surface area contributed by atoms with E-state index in [1.54, 1.807) is 13.0 Å². The molecule has 0 saturated heterocycles. The number of allylic oxidation sites excluding steroid dienone is 6. The molecule has 0 aliphatic carbocycles. The number of hydrogen-bond donors (Lipinski definition) is 1. The van der Waals surface area contributed by atoms with E-state index in [4.69, 9.17) is 5.73 Å². The van der Waals surface area contributed by atoms with Crippen LogP contribution in [0.2, 0.25) is 0 Å². The van der Waals surface area contributed by atoms with Gasteiger partial charge in [-0.25, -0.2) is 4.39 Å². The maximum atomic E-state index is 13.8. The smallest absolute Gasteiger partial charge is 0.209 e. The molecule has 0 unspecified atom stereocenters. The number of fused-ring (bicyclic) bond motifs is 1. The van der Waals surface area contributed by atoms with E-state index in [2.05, 4.69) is 30.6 Å². The first-order valence-corrected chi connectivity index (χ1v) is 7.02. The topological polar surface area (TPSA) is 29.0 Å². The van der Waals surface area contributed by atoms with Gasteiger partial charge in [-0.1, -0.05) is 18.2 Å². The minimum absolute atomic E-state index is 0.137. The first kappa shape index (κ1) is 15.2. The highest BCUT2D eigenvalue weighted by atomic mass is 19.1. The van der Waals surface area contributed by atoms with Crippen LogP contribution in [0.5, 0.6) is 0 Å². The van der Waals surface area contributed by atoms with Crippen molar-refractivity contribution in [3.05, 3.63) is 65.7 Å². The standard InChI is InChI=1S/C18H21FN2/c1-13(20)9-10-14(19)11-12-17-18(2,3)15-7-5-6-8-16(15)21(17)4/h5-12,20H,1-4H3/p+1. The second-order valence-electron chi connectivity index (χ2n) is 5.88. The van der Waals surface area contributed by atoms with Crippen LogP contribution in [-0.2, 0) is 5.41 Å². The summed E-state index contributed by atoms with van der Waals surface area (Å²) in [4.78, 5) is 0. The van der Waals surface area contributed by atoms with Gasteiger partial charge in [-0.15, -0.1) is 0 Å². The summed E-state index contributed by atoms with van der Waals surface area (Å²) in [5, 5.41) is 0. The molecule has 3 heteroatoms. The van der Waals surface area contributed by atoms with Crippen molar-refractivity contribution in [1.82, 2.24) is 0 Å². The third-order valence-electron chi connectivity index (χ3n) is 3.85. The quantitative estimate of drug-likeness (QED) is 0.661. The molecule has 0 bridgehead atoms. The first-order valence-electron chi connectivity index (χ1n) is 7.02. The number of halogens is 1. The molecule has 1 aliphatic rings. The fourth-order valence-electron chi connectivity index (χ4n) is 2.73. The minimum Gasteiger partial charge on any atom is -0.402 e. The van der Waals surface area contributed by atoms with Crippen LogP contribution in [0.1, 0.15) is 26.3 Å². The molecule has 1 aliphatic heterocycles. The molecular weight excluding hydrogens is 263 g/mol. The van der Waals surface area contributed by atoms with Gasteiger partial charge in [0.25, 0.3) is 0 Å². The van der Waals surface area contributed by atoms with E-state index >= 15 is 0 Å². The van der Waals surface area contributed by atoms with Crippen LogP contribution in [0.25, 0.3) is 0 Å². The van der Waals surface area contributed by atoms with Crippen molar-refractivity contribution in [3.63, 3.8) is 0 Å². The Bertz CT molecular complexity index is 672. The zero-order chi connectivity index (χ0) is 15.6. The number of para-hydroxylation sites is 1. The molecule has 0 amide bonds. The fourth-order valence-corrected chi connectivity index (χ4v) is 2.73. The van der Waals surface area contributed by atoms with Gasteiger partial charge in [-0.05, 0) is 39.0 Å². The Morgan fingerprint density at radius 3 is 2.52 bits per heavy atom. The molecule has 0 radical (unpaired) electrons. The van der Waals surface area contributed by atoms with Gasteiger partial charge in [-0.3, -0.25) is 0 Å². The maximum Gasteiger partial charge on any atom is 0.209 e. The van der Waals surface area contributed by atoms with Crippen molar-refractivity contribution in [1.29, 1.82) is 0 Å². The molecule has 0 aromatic heterocycles. The fraction of sp³-hybridized carbons (Fsp3) is 0.278. The van der Waals surface area contributed by atoms with Gasteiger partial charge in [0.2, 0.25) is 5.69 Å². The van der Waals surface area contributed by atoms with E-state index in [-0.39, 0.29) is 11.2 Å². The lowest BCUT2D eigenvalue weighted by molar-refractivity contribution is -0.401. The summed E-state index contributed by atoms with van der Waals surface area (Å²) in [5.41, 5.74) is 9.44. The highest BCUT2D eigenvalue weighted by Crippen LogP contribution is 2.38. The van der Waals surface area contributed by atoms with Crippen molar-refractivity contribution < 1.29 is 8.97 Å². The molecular formula is C18H22FN2+. The van der Waals surface area contributed by atoms with E-state index in [9.17, 15) is 4.39 Å². The number of nitrogens with two attached hydrogens (primary N) is 1. The molecule has 0 saturated carbocycles. The molecule has 0 spiro atoms. The number of benzene rings is 1. The van der Waals surface area contributed by atoms with Crippen LogP contribution < -0.4 is 5.73 Å². The first-order chi connectivity index (χ1) is 9.84. The van der Waals surface area contributed by atoms with E-state index in [0.29, 0.717) is 5.70 Å². The van der Waals surface area contributed by atoms with Gasteiger partial charge in [0.15, 0.2) is 5.71 Å². The second-order valence-corrected chi connectivity index (χ2v) is 5.88. The minimum atomic E-state index is -0.313. The van der Waals surface area contributed by atoms with Crippen LogP contribution in [0.3, 0.4) is 0 Å². The third-order valence-corrected chi connectivity index (χ3v) is 3.85. The van der Waals surface area contributed by atoms with E-state index in [1.807, 2.05) is 25.3 Å². The normalized spacial score (nSPS) is 18.5. The molecule has 2 nitrogen and oxygen atoms in total. The summed E-state index contributed by atoms with van der Waals surface area (Å²) < 4.78 is 15.9. The van der Waals surface area contributed by atoms with Crippen LogP contribution in [0, 0.1) is 0 Å². The maximum absolute atomic E-state index is 13.8. The molecule has 0 fully saturated rings. The Labute approximate surface area is 125 Å². The molecule has 21 heavy (non-hydrogen) atoms. The molecule has 1 aromatic carbocycles. The van der Waals surface area contributed by atoms with Crippen LogP contribution in [0.15, 0.2) is 60.1 Å². The lowest BCUT2D eigenvalue weighted by atomic mass is 9.81. The summed E-state index contributed by atoms with van der Waals surface area (Å²) in [6, 6.07) is 8.27. The highest BCUT2D eigenvalue weighted by molar-refractivity contribution is 6.03. The van der Waals surface area contributed by atoms with Gasteiger partial charge in [0.1, 0.15) is 12.9 Å². The molecule has 1 aromatic rings. The van der Waals surface area contributed by atoms with Gasteiger partial charge in [0.05, 0.1) is 5.41 Å². The molecule has 110 valence electrons. The Morgan fingerprint density at radius 1 is 1.24 bits per heavy atom. The summed E-state index contributed by atoms with van der Waals surface area (Å²) in [6.07, 6.45) is 6.26. The lowest BCUT2D eigenvalue weighted by Gasteiger charge is -2.14. The summed E-state index contributed by atoms with van der Waals surface area (Å²) in [5.74, 6) is -0.313. The monoisotopic (exact) mass is 285 g/mol. The predicted molar refractivity (Wildman–Crippen MR) is 86.6 cm³/mol. The Kier molecular flexibility index (Phi) is 4.12. The highest BCUT2D eigenvalue weighted by Gasteiger charge is 2.42. The average molecular weight is 285 g/mol. The summed E-state index contributed by atoms with van der Waals surface area (Å²) in [7, 11) is 2.01. The van der Waals surface area contributed by atoms with E-state index in [1.165, 1.54) is 23.4 Å². The number of nitrogens with zero attached hydrogens (tertiary/aromatic N) is 1. The Morgan fingerprint density at radius 2 is 1.90 bits per heavy atom. The van der Waals surface area contributed by atoms with Gasteiger partial charge >= 0.3 is 0 Å². The zero-order valence-corrected chi connectivity index (χ0v) is 13.0. The molecule has 2 rings (SSSR count). The summed E-state index contributed by atoms with van der Waals surface area (Å²) in [6.45, 7) is 6.04. The van der Waals surface area contributed by atoms with Crippen molar-refractivity contribution in [2.24, 2.45) is 5.73 Å². The van der Waals surface area contributed by atoms with Crippen LogP contribution >= 0.6 is 0 Å². The van der Waals surface area contributed by atoms with E-state index < -0.39 is 0 Å². The van der Waals surface area contributed by atoms with Crippen LogP contribution in [-0.4, -0.2) is 17.3 Å². The molecule has 1 heterocycles. The zero-order valence-electron chi connectivity index (χ0n) is 13.0. The van der Waals surface area contributed by atoms with Crippen LogP contribution in [0.4, 0.5) is 10.1 Å². The van der Waals surface area contributed by atoms with Gasteiger partial charge < -0.3 is 5.73 Å². The Balaban J connectivity index is 2.36. The predicted octanol–water partition coefficient (Wildman–Crippen LogP) is 3.96. The van der Waals surface area contributed by atoms with E-state index in [0.717, 1.165) is 5.71 Å². The average Bonchev–Trinajstić information content (AvgIpc) is 2.63. The molecule has 0 atom stereocenters. The van der Waals surface area contributed by atoms with Gasteiger partial charge in [0, 0.05) is 23.4 Å². The number of rotatable bonds is 3. The third kappa shape index (κ3) is 2.97. The Hall–Kier alpha value is -2.16. The van der Waals surface area contributed by atoms with Crippen molar-refractivity contribution in [2.75, 3.05) is 7.05 Å². The largest absolute Gasteiger partial charge is 0.402 e. The van der Waals surface area contributed by atoms with Crippen molar-refractivity contribution in [2.45, 2.75) is 26.2 Å². The van der Waals surface area contributed by atoms with Crippen molar-refractivity contribution in [3.8, 4) is 0 Å². The summed E-state index contributed by atoms with van der Waals surface area (Å²) >= 11 is 0.